The van der Waals surface area contributed by atoms with E-state index >= 15 is 0 Å². The molecule has 24 heavy (non-hydrogen) atoms. The molecule has 3 nitrogen and oxygen atoms in total. The van der Waals surface area contributed by atoms with E-state index in [1.807, 2.05) is 6.08 Å². The average molecular weight is 325 g/mol. The maximum Gasteiger partial charge on any atom is 0.160 e. The van der Waals surface area contributed by atoms with Gasteiger partial charge in [-0.05, 0) is 43.1 Å². The lowest BCUT2D eigenvalue weighted by Gasteiger charge is -2.59. The van der Waals surface area contributed by atoms with E-state index < -0.39 is 5.41 Å². The minimum Gasteiger partial charge on any atom is -0.299 e. The van der Waals surface area contributed by atoms with E-state index in [0.717, 1.165) is 49.9 Å². The standard InChI is InChI=1S/C21H27NO2/c1-4-13-7-8-21-18(13)16(23)6-5-14-11-22-10-12(2)15(19(21)24)9-17(22)20(14,21)3/h4,12,14-15,17H,1,5-11H2,2-3H3/t12-,14-,15-,17?,20-,21+/m1/s1. The lowest BCUT2D eigenvalue weighted by atomic mass is 9.45. The number of ketones is 2. The van der Waals surface area contributed by atoms with Crippen LogP contribution in [0.3, 0.4) is 0 Å². The van der Waals surface area contributed by atoms with Crippen molar-refractivity contribution in [3.8, 4) is 0 Å². The molecule has 5 rings (SSSR count). The van der Waals surface area contributed by atoms with Crippen molar-refractivity contribution in [1.82, 2.24) is 4.90 Å². The monoisotopic (exact) mass is 325 g/mol. The van der Waals surface area contributed by atoms with Crippen molar-refractivity contribution in [3.05, 3.63) is 23.8 Å². The molecule has 1 unspecified atom stereocenters. The zero-order chi connectivity index (χ0) is 16.9. The number of rotatable bonds is 1. The van der Waals surface area contributed by atoms with Gasteiger partial charge < -0.3 is 0 Å². The summed E-state index contributed by atoms with van der Waals surface area (Å²) in [6, 6.07) is 0.478. The summed E-state index contributed by atoms with van der Waals surface area (Å²) in [5.74, 6) is 1.68. The Kier molecular flexibility index (Phi) is 2.82. The third-order valence-electron chi connectivity index (χ3n) is 8.56. The van der Waals surface area contributed by atoms with Gasteiger partial charge in [0.05, 0.1) is 5.41 Å². The van der Waals surface area contributed by atoms with Gasteiger partial charge >= 0.3 is 0 Å². The van der Waals surface area contributed by atoms with Crippen LogP contribution in [0.25, 0.3) is 0 Å². The molecule has 3 heteroatoms. The normalized spacial score (nSPS) is 50.1. The van der Waals surface area contributed by atoms with Gasteiger partial charge in [-0.1, -0.05) is 26.5 Å². The average Bonchev–Trinajstić information content (AvgIpc) is 3.06. The molecule has 0 aromatic rings. The predicted molar refractivity (Wildman–Crippen MR) is 92.4 cm³/mol. The third-order valence-corrected chi connectivity index (χ3v) is 8.56. The molecule has 2 bridgehead atoms. The highest BCUT2D eigenvalue weighted by molar-refractivity contribution is 6.08. The lowest BCUT2D eigenvalue weighted by molar-refractivity contribution is -0.157. The largest absolute Gasteiger partial charge is 0.299 e. The van der Waals surface area contributed by atoms with E-state index in [9.17, 15) is 9.59 Å². The highest BCUT2D eigenvalue weighted by Crippen LogP contribution is 2.70. The molecule has 128 valence electrons. The van der Waals surface area contributed by atoms with E-state index in [-0.39, 0.29) is 17.1 Å². The first-order valence-electron chi connectivity index (χ1n) is 9.62. The lowest BCUT2D eigenvalue weighted by Crippen LogP contribution is -2.65. The topological polar surface area (TPSA) is 37.4 Å². The molecular formula is C21H27NO2. The number of allylic oxidation sites excluding steroid dienone is 3. The minimum absolute atomic E-state index is 0.0625. The van der Waals surface area contributed by atoms with Gasteiger partial charge in [0.15, 0.2) is 5.78 Å². The van der Waals surface area contributed by atoms with E-state index in [2.05, 4.69) is 25.3 Å². The molecule has 0 radical (unpaired) electrons. The Morgan fingerprint density at radius 2 is 2.04 bits per heavy atom. The summed E-state index contributed by atoms with van der Waals surface area (Å²) >= 11 is 0. The Morgan fingerprint density at radius 3 is 2.79 bits per heavy atom. The van der Waals surface area contributed by atoms with E-state index in [1.54, 1.807) is 0 Å². The Morgan fingerprint density at radius 1 is 1.25 bits per heavy atom. The molecule has 6 atom stereocenters. The molecule has 0 aromatic carbocycles. The van der Waals surface area contributed by atoms with Crippen LogP contribution in [0, 0.1) is 28.6 Å². The van der Waals surface area contributed by atoms with Crippen LogP contribution in [-0.4, -0.2) is 35.6 Å². The van der Waals surface area contributed by atoms with Gasteiger partial charge in [0, 0.05) is 42.5 Å². The fourth-order valence-electron chi connectivity index (χ4n) is 7.47. The fraction of sp³-hybridized carbons (Fsp3) is 0.714. The fourth-order valence-corrected chi connectivity index (χ4v) is 7.47. The van der Waals surface area contributed by atoms with Crippen LogP contribution in [0.4, 0.5) is 0 Å². The second kappa shape index (κ2) is 4.49. The van der Waals surface area contributed by atoms with Crippen molar-refractivity contribution in [2.75, 3.05) is 13.1 Å². The Balaban J connectivity index is 1.83. The summed E-state index contributed by atoms with van der Waals surface area (Å²) in [4.78, 5) is 29.6. The molecule has 3 aliphatic carbocycles. The first-order valence-corrected chi connectivity index (χ1v) is 9.62. The summed E-state index contributed by atoms with van der Waals surface area (Å²) in [6.45, 7) is 10.7. The minimum atomic E-state index is -0.522. The van der Waals surface area contributed by atoms with Gasteiger partial charge in [0.25, 0.3) is 0 Å². The number of carbonyl (C=O) groups is 2. The summed E-state index contributed by atoms with van der Waals surface area (Å²) in [6.07, 6.45) is 6.13. The van der Waals surface area contributed by atoms with E-state index in [4.69, 9.17) is 0 Å². The molecule has 5 aliphatic rings. The zero-order valence-electron chi connectivity index (χ0n) is 14.8. The molecule has 2 saturated heterocycles. The van der Waals surface area contributed by atoms with Crippen LogP contribution in [-0.2, 0) is 9.59 Å². The molecule has 1 spiro atoms. The van der Waals surface area contributed by atoms with Crippen molar-refractivity contribution in [1.29, 1.82) is 0 Å². The second-order valence-corrected chi connectivity index (χ2v) is 9.10. The van der Waals surface area contributed by atoms with Crippen LogP contribution in [0.1, 0.15) is 46.0 Å². The van der Waals surface area contributed by atoms with Crippen molar-refractivity contribution in [3.63, 3.8) is 0 Å². The predicted octanol–water partition coefficient (Wildman–Crippen LogP) is 3.16. The molecule has 0 aromatic heterocycles. The second-order valence-electron chi connectivity index (χ2n) is 9.10. The number of hydrogen-bond acceptors (Lipinski definition) is 3. The number of piperidine rings is 1. The molecule has 2 aliphatic heterocycles. The maximum absolute atomic E-state index is 13.9. The van der Waals surface area contributed by atoms with Gasteiger partial charge in [-0.3, -0.25) is 14.5 Å². The summed E-state index contributed by atoms with van der Waals surface area (Å²) < 4.78 is 0. The van der Waals surface area contributed by atoms with E-state index in [0.29, 0.717) is 30.1 Å². The van der Waals surface area contributed by atoms with Gasteiger partial charge in [-0.25, -0.2) is 0 Å². The summed E-state index contributed by atoms with van der Waals surface area (Å²) in [7, 11) is 0. The summed E-state index contributed by atoms with van der Waals surface area (Å²) in [5.41, 5.74) is 1.37. The molecule has 2 heterocycles. The maximum atomic E-state index is 13.9. The Hall–Kier alpha value is -1.22. The highest BCUT2D eigenvalue weighted by atomic mass is 16.1. The van der Waals surface area contributed by atoms with E-state index in [1.165, 1.54) is 0 Å². The number of fused-ring (bicyclic) bond motifs is 1. The molecule has 0 amide bonds. The van der Waals surface area contributed by atoms with Crippen LogP contribution in [0.5, 0.6) is 0 Å². The van der Waals surface area contributed by atoms with Gasteiger partial charge in [-0.2, -0.15) is 0 Å². The van der Waals surface area contributed by atoms with Gasteiger partial charge in [0.1, 0.15) is 5.78 Å². The molecule has 4 fully saturated rings. The van der Waals surface area contributed by atoms with Gasteiger partial charge in [-0.15, -0.1) is 0 Å². The SMILES string of the molecule is C=CC1=C2C(=O)CC[C@@H]3CN4C[C@@H](C)[C@H]5CC4[C@]3(C)[C@]2(CC1)C5=O. The number of Topliss-reactive ketones (excluding diaryl/α,β-unsaturated/α-hetero) is 2. The van der Waals surface area contributed by atoms with Crippen molar-refractivity contribution in [2.24, 2.45) is 28.6 Å². The third kappa shape index (κ3) is 1.38. The molecule has 2 saturated carbocycles. The first-order chi connectivity index (χ1) is 11.4. The number of nitrogens with zero attached hydrogens (tertiary/aromatic N) is 1. The zero-order valence-corrected chi connectivity index (χ0v) is 14.8. The van der Waals surface area contributed by atoms with Gasteiger partial charge in [0.2, 0.25) is 0 Å². The Bertz CT molecular complexity index is 707. The first kappa shape index (κ1) is 15.1. The van der Waals surface area contributed by atoms with Crippen LogP contribution in [0.2, 0.25) is 0 Å². The number of carbonyl (C=O) groups excluding carboxylic acids is 2. The van der Waals surface area contributed by atoms with Crippen LogP contribution >= 0.6 is 0 Å². The summed E-state index contributed by atoms with van der Waals surface area (Å²) in [5, 5.41) is 0. The van der Waals surface area contributed by atoms with Crippen molar-refractivity contribution < 1.29 is 9.59 Å². The van der Waals surface area contributed by atoms with Crippen molar-refractivity contribution >= 4 is 11.6 Å². The molecular weight excluding hydrogens is 298 g/mol. The Labute approximate surface area is 144 Å². The number of hydrogen-bond donors (Lipinski definition) is 0. The smallest absolute Gasteiger partial charge is 0.160 e. The van der Waals surface area contributed by atoms with Crippen LogP contribution in [0.15, 0.2) is 23.8 Å². The van der Waals surface area contributed by atoms with Crippen molar-refractivity contribution in [2.45, 2.75) is 52.0 Å². The van der Waals surface area contributed by atoms with Crippen LogP contribution < -0.4 is 0 Å². The molecule has 0 N–H and O–H groups in total. The highest BCUT2D eigenvalue weighted by Gasteiger charge is 2.73. The quantitative estimate of drug-likeness (QED) is 0.743.